The Morgan fingerprint density at radius 1 is 1.01 bits per heavy atom. The molecule has 3 N–H and O–H groups in total. The van der Waals surface area contributed by atoms with Crippen LogP contribution in [0.5, 0.6) is 5.75 Å². The molecule has 70 heavy (non-hydrogen) atoms. The number of esters is 4. The van der Waals surface area contributed by atoms with E-state index in [1.165, 1.54) is 39.2 Å². The number of aromatic nitrogens is 2. The highest BCUT2D eigenvalue weighted by atomic mass is 16.7. The zero-order valence-corrected chi connectivity index (χ0v) is 41.3. The van der Waals surface area contributed by atoms with E-state index in [2.05, 4.69) is 5.32 Å². The van der Waals surface area contributed by atoms with Crippen molar-refractivity contribution in [1.82, 2.24) is 14.5 Å². The molecule has 0 spiro atoms. The van der Waals surface area contributed by atoms with E-state index in [1.54, 1.807) is 36.3 Å². The molecule has 0 bridgehead atoms. The van der Waals surface area contributed by atoms with Crippen molar-refractivity contribution in [1.29, 1.82) is 0 Å². The van der Waals surface area contributed by atoms with Gasteiger partial charge >= 0.3 is 30.0 Å². The highest BCUT2D eigenvalue weighted by molar-refractivity contribution is 5.99. The Balaban J connectivity index is 1.30. The maximum atomic E-state index is 14.8. The molecule has 3 aliphatic heterocycles. The van der Waals surface area contributed by atoms with Crippen LogP contribution in [0.2, 0.25) is 0 Å². The number of fused-ring (bicyclic) bond motifs is 5. The summed E-state index contributed by atoms with van der Waals surface area (Å²) in [6, 6.07) is 12.1. The van der Waals surface area contributed by atoms with E-state index in [4.69, 9.17) is 43.9 Å². The van der Waals surface area contributed by atoms with Gasteiger partial charge in [0.15, 0.2) is 12.2 Å². The summed E-state index contributed by atoms with van der Waals surface area (Å²) >= 11 is 0. The molecule has 2 aromatic carbocycles. The third-order valence-corrected chi connectivity index (χ3v) is 13.0. The first-order chi connectivity index (χ1) is 33.0. The molecule has 1 saturated heterocycles. The van der Waals surface area contributed by atoms with Crippen molar-refractivity contribution in [3.05, 3.63) is 86.7 Å². The minimum atomic E-state index is -2.17. The molecule has 0 aliphatic carbocycles. The summed E-state index contributed by atoms with van der Waals surface area (Å²) in [5.41, 5.74) is 5.67. The average molecular weight is 968 g/mol. The van der Waals surface area contributed by atoms with Gasteiger partial charge in [-0.25, -0.2) is 24.2 Å². The number of carbonyl (C=O) groups is 6. The van der Waals surface area contributed by atoms with E-state index in [0.29, 0.717) is 29.9 Å². The number of nitrogens with zero attached hydrogens (tertiary/aromatic N) is 3. The van der Waals surface area contributed by atoms with Crippen molar-refractivity contribution in [2.75, 3.05) is 19.0 Å². The molecule has 7 atom stereocenters. The number of amides is 2. The van der Waals surface area contributed by atoms with Crippen molar-refractivity contribution in [3.8, 4) is 17.1 Å². The Bertz CT molecular complexity index is 2810. The summed E-state index contributed by atoms with van der Waals surface area (Å²) in [7, 11) is 1.20. The Morgan fingerprint density at radius 2 is 1.73 bits per heavy atom. The van der Waals surface area contributed by atoms with Crippen LogP contribution in [0.1, 0.15) is 108 Å². The fraction of sp³-hybridized carbons (Fsp3) is 0.490. The van der Waals surface area contributed by atoms with E-state index in [-0.39, 0.29) is 47.1 Å². The molecule has 2 amide bonds. The van der Waals surface area contributed by atoms with Gasteiger partial charge in [0.1, 0.15) is 23.5 Å². The lowest BCUT2D eigenvalue weighted by Crippen LogP contribution is -2.55. The number of carbonyl (C=O) groups excluding carboxylic acids is 6. The fourth-order valence-corrected chi connectivity index (χ4v) is 9.13. The lowest BCUT2D eigenvalue weighted by molar-refractivity contribution is -0.248. The number of methoxy groups -OCH3 is 1. The van der Waals surface area contributed by atoms with Gasteiger partial charge in [0.05, 0.1) is 42.2 Å². The lowest BCUT2D eigenvalue weighted by Gasteiger charge is -2.42. The molecule has 4 aromatic rings. The molecular weight excluding hydrogens is 907 g/mol. The van der Waals surface area contributed by atoms with Crippen molar-refractivity contribution in [2.24, 2.45) is 17.6 Å². The predicted octanol–water partition coefficient (Wildman–Crippen LogP) is 5.90. The smallest absolute Gasteiger partial charge is 0.410 e. The number of hydrogen-bond donors (Lipinski definition) is 2. The molecular formula is C51H61N5O14. The van der Waals surface area contributed by atoms with E-state index in [1.807, 2.05) is 58.9 Å². The van der Waals surface area contributed by atoms with Crippen LogP contribution in [0.15, 0.2) is 53.3 Å². The maximum absolute atomic E-state index is 14.8. The summed E-state index contributed by atoms with van der Waals surface area (Å²) in [6.45, 7) is 17.0. The number of benzene rings is 2. The molecule has 1 fully saturated rings. The Hall–Kier alpha value is -6.86. The van der Waals surface area contributed by atoms with Crippen LogP contribution in [-0.4, -0.2) is 100 Å². The van der Waals surface area contributed by atoms with Gasteiger partial charge in [-0.05, 0) is 90.1 Å². The number of anilines is 1. The first kappa shape index (κ1) is 51.0. The first-order valence-electron chi connectivity index (χ1n) is 23.4. The van der Waals surface area contributed by atoms with Crippen LogP contribution in [0.3, 0.4) is 0 Å². The average Bonchev–Trinajstić information content (AvgIpc) is 3.66. The summed E-state index contributed by atoms with van der Waals surface area (Å²) in [5, 5.41) is 3.49. The highest BCUT2D eigenvalue weighted by Crippen LogP contribution is 2.44. The molecule has 0 radical (unpaired) electrons. The molecule has 374 valence electrons. The number of pyridine rings is 2. The number of hydrogen-bond acceptors (Lipinski definition) is 16. The van der Waals surface area contributed by atoms with Crippen molar-refractivity contribution >= 4 is 52.5 Å². The largest absolute Gasteiger partial charge is 0.467 e. The van der Waals surface area contributed by atoms with E-state index >= 15 is 0 Å². The van der Waals surface area contributed by atoms with Crippen LogP contribution in [0.25, 0.3) is 22.3 Å². The minimum Gasteiger partial charge on any atom is -0.467 e. The maximum Gasteiger partial charge on any atom is 0.410 e. The quantitative estimate of drug-likeness (QED) is 0.103. The SMILES string of the molecule is CC[C@@]1(OC(=O)c2ccc(NC(=O)[C@H](C)N)cc2O[C@@H]2O[C@H](C(=O)OC)[C@@H](C)[C@H](C)[C@H]2OC(C)=O)C(=O)OCc2c1cc1n(c2=O)Cc2c-1nc1ccccc1c2CCN(C(=O)OC(C)(C)C)C(C)C. The van der Waals surface area contributed by atoms with Crippen LogP contribution >= 0.6 is 0 Å². The van der Waals surface area contributed by atoms with Crippen molar-refractivity contribution < 1.29 is 61.9 Å². The van der Waals surface area contributed by atoms with Gasteiger partial charge in [-0.3, -0.25) is 14.4 Å². The molecule has 2 aromatic heterocycles. The molecule has 19 heteroatoms. The summed E-state index contributed by atoms with van der Waals surface area (Å²) in [5.74, 6) is -5.31. The van der Waals surface area contributed by atoms with Crippen molar-refractivity contribution in [2.45, 2.75) is 137 Å². The normalized spacial score (nSPS) is 21.9. The number of cyclic esters (lactones) is 1. The number of ether oxygens (including phenoxy) is 7. The second-order valence-corrected chi connectivity index (χ2v) is 19.3. The van der Waals surface area contributed by atoms with Crippen LogP contribution in [0, 0.1) is 11.8 Å². The van der Waals surface area contributed by atoms with Gasteiger partial charge in [-0.15, -0.1) is 0 Å². The number of para-hydroxylation sites is 1. The van der Waals surface area contributed by atoms with Crippen LogP contribution < -0.4 is 21.3 Å². The molecule has 3 aliphatic rings. The molecule has 19 nitrogen and oxygen atoms in total. The van der Waals surface area contributed by atoms with Gasteiger partial charge in [-0.1, -0.05) is 39.0 Å². The Kier molecular flexibility index (Phi) is 14.5. The lowest BCUT2D eigenvalue weighted by atomic mass is 9.83. The zero-order valence-electron chi connectivity index (χ0n) is 41.3. The molecule has 0 saturated carbocycles. The van der Waals surface area contributed by atoms with E-state index < -0.39 is 95.6 Å². The number of nitrogens with one attached hydrogen (secondary N) is 1. The number of rotatable bonds is 13. The second-order valence-electron chi connectivity index (χ2n) is 19.3. The third kappa shape index (κ3) is 9.81. The fourth-order valence-electron chi connectivity index (χ4n) is 9.13. The Labute approximate surface area is 405 Å². The van der Waals surface area contributed by atoms with Crippen molar-refractivity contribution in [3.63, 3.8) is 0 Å². The standard InChI is InChI=1S/C51H61N5O14/c1-12-51(69-45(60)33-18-17-30(53-43(58)28(6)52)21-39(33)67-47-42(66-29(7)57)27(5)26(4)41(68-47)46(61)64-11)36-22-38-40-34(23-56(38)44(59)35(36)24-65-48(51)62)31(32-15-13-14-16-37(32)54-40)19-20-55(25(2)3)49(63)70-50(8,9)10/h13-18,21-22,25-28,41-42,47H,12,19-20,23-24,52H2,1-11H3,(H,53,58)/t26-,27-,28-,41-,42+,47+,51-/m0/s1. The first-order valence-corrected chi connectivity index (χ1v) is 23.4. The van der Waals surface area contributed by atoms with E-state index in [0.717, 1.165) is 16.5 Å². The molecule has 5 heterocycles. The predicted molar refractivity (Wildman–Crippen MR) is 253 cm³/mol. The van der Waals surface area contributed by atoms with Gasteiger partial charge in [0.25, 0.3) is 5.56 Å². The Morgan fingerprint density at radius 3 is 2.37 bits per heavy atom. The van der Waals surface area contributed by atoms with Crippen LogP contribution in [-0.2, 0) is 72.8 Å². The van der Waals surface area contributed by atoms with Gasteiger partial charge in [-0.2, -0.15) is 0 Å². The van der Waals surface area contributed by atoms with Gasteiger partial charge < -0.3 is 53.7 Å². The van der Waals surface area contributed by atoms with Crippen LogP contribution in [0.4, 0.5) is 10.5 Å². The highest BCUT2D eigenvalue weighted by Gasteiger charge is 2.52. The third-order valence-electron chi connectivity index (χ3n) is 13.0. The zero-order chi connectivity index (χ0) is 51.1. The topological polar surface area (TPSA) is 243 Å². The van der Waals surface area contributed by atoms with E-state index in [9.17, 15) is 33.6 Å². The summed E-state index contributed by atoms with van der Waals surface area (Å²) < 4.78 is 42.3. The second kappa shape index (κ2) is 19.9. The summed E-state index contributed by atoms with van der Waals surface area (Å²) in [4.78, 5) is 102. The monoisotopic (exact) mass is 967 g/mol. The summed E-state index contributed by atoms with van der Waals surface area (Å²) in [6.07, 6.45) is -4.02. The molecule has 0 unspecified atom stereocenters. The minimum absolute atomic E-state index is 0.0926. The van der Waals surface area contributed by atoms with Gasteiger partial charge in [0, 0.05) is 53.7 Å². The number of nitrogens with two attached hydrogens (primary N) is 1. The molecule has 7 rings (SSSR count). The van der Waals surface area contributed by atoms with Gasteiger partial charge in [0.2, 0.25) is 17.8 Å².